The third-order valence-corrected chi connectivity index (χ3v) is 8.85. The molecule has 7 rings (SSSR count). The van der Waals surface area contributed by atoms with Crippen molar-refractivity contribution < 1.29 is 19.4 Å². The van der Waals surface area contributed by atoms with Crippen LogP contribution in [0.25, 0.3) is 0 Å². The molecule has 2 aliphatic heterocycles. The third-order valence-electron chi connectivity index (χ3n) is 7.74. The first kappa shape index (κ1) is 26.7. The number of amides is 2. The van der Waals surface area contributed by atoms with Crippen molar-refractivity contribution >= 4 is 40.6 Å². The van der Waals surface area contributed by atoms with E-state index in [4.69, 9.17) is 4.74 Å². The van der Waals surface area contributed by atoms with Gasteiger partial charge in [-0.3, -0.25) is 14.5 Å². The molecule has 0 aromatic heterocycles. The number of nitrogens with zero attached hydrogens (tertiary/aromatic N) is 2. The molecule has 1 unspecified atom stereocenters. The number of ether oxygens (including phenoxy) is 1. The summed E-state index contributed by atoms with van der Waals surface area (Å²) in [6.45, 7) is -0.0507. The summed E-state index contributed by atoms with van der Waals surface area (Å²) in [6, 6.07) is 36.5. The molecule has 8 heteroatoms. The van der Waals surface area contributed by atoms with Gasteiger partial charge in [-0.15, -0.1) is 0 Å². The molecule has 43 heavy (non-hydrogen) atoms. The number of imide groups is 1. The second-order valence-electron chi connectivity index (χ2n) is 10.3. The van der Waals surface area contributed by atoms with Gasteiger partial charge in [0.2, 0.25) is 0 Å². The molecule has 2 N–H and O–H groups in total. The average molecular weight is 586 g/mol. The highest BCUT2D eigenvalue weighted by molar-refractivity contribution is 7.99. The van der Waals surface area contributed by atoms with Crippen molar-refractivity contribution in [1.29, 1.82) is 0 Å². The molecule has 0 spiro atoms. The number of benzene rings is 5. The first-order chi connectivity index (χ1) is 21.0. The molecule has 2 amide bonds. The summed E-state index contributed by atoms with van der Waals surface area (Å²) >= 11 is 1.57. The predicted octanol–water partition coefficient (Wildman–Crippen LogP) is 7.61. The minimum absolute atomic E-state index is 0.0270. The Labute approximate surface area is 253 Å². The lowest BCUT2D eigenvalue weighted by Gasteiger charge is -2.40. The molecule has 0 fully saturated rings. The minimum Gasteiger partial charge on any atom is -0.508 e. The van der Waals surface area contributed by atoms with Gasteiger partial charge < -0.3 is 20.1 Å². The van der Waals surface area contributed by atoms with Crippen LogP contribution in [0.1, 0.15) is 38.0 Å². The fourth-order valence-corrected chi connectivity index (χ4v) is 6.68. The van der Waals surface area contributed by atoms with E-state index in [0.29, 0.717) is 16.7 Å². The van der Waals surface area contributed by atoms with E-state index in [1.165, 1.54) is 4.90 Å². The Bertz CT molecular complexity index is 1820. The molecular formula is C35H27N3O4S. The van der Waals surface area contributed by atoms with E-state index in [1.54, 1.807) is 49.2 Å². The number of fused-ring (bicyclic) bond motifs is 3. The minimum atomic E-state index is -0.365. The van der Waals surface area contributed by atoms with Crippen molar-refractivity contribution in [2.24, 2.45) is 0 Å². The highest BCUT2D eigenvalue weighted by Crippen LogP contribution is 2.53. The van der Waals surface area contributed by atoms with Gasteiger partial charge in [-0.2, -0.15) is 0 Å². The largest absolute Gasteiger partial charge is 0.508 e. The van der Waals surface area contributed by atoms with Crippen LogP contribution in [-0.4, -0.2) is 28.9 Å². The summed E-state index contributed by atoms with van der Waals surface area (Å²) in [7, 11) is 1.64. The van der Waals surface area contributed by atoms with E-state index in [1.807, 2.05) is 72.8 Å². The van der Waals surface area contributed by atoms with Gasteiger partial charge in [0.1, 0.15) is 17.7 Å². The van der Waals surface area contributed by atoms with Crippen molar-refractivity contribution in [2.45, 2.75) is 22.5 Å². The van der Waals surface area contributed by atoms with Gasteiger partial charge in [-0.25, -0.2) is 0 Å². The van der Waals surface area contributed by atoms with Crippen molar-refractivity contribution in [3.8, 4) is 11.5 Å². The van der Waals surface area contributed by atoms with E-state index < -0.39 is 0 Å². The number of rotatable bonds is 7. The third kappa shape index (κ3) is 4.75. The summed E-state index contributed by atoms with van der Waals surface area (Å²) in [4.78, 5) is 31.7. The molecule has 5 aromatic rings. The highest BCUT2D eigenvalue weighted by atomic mass is 32.2. The number of anilines is 3. The number of carbonyl (C=O) groups excluding carboxylic acids is 2. The molecule has 2 heterocycles. The van der Waals surface area contributed by atoms with Crippen LogP contribution in [0.2, 0.25) is 0 Å². The molecule has 0 saturated heterocycles. The standard InChI is InChI=1S/C35H27N3O4S/c1-42-25-17-15-22(16-18-25)33(36-24-9-3-2-4-10-24)38-28-13-7-8-14-31(28)43-32-20-30(39)23(19-29(32)38)21-37-34(40)26-11-5-6-12-27(26)35(37)41/h2-20,33,36,39H,21H2,1H3. The zero-order valence-electron chi connectivity index (χ0n) is 23.2. The van der Waals surface area contributed by atoms with Crippen molar-refractivity contribution in [3.05, 3.63) is 138 Å². The summed E-state index contributed by atoms with van der Waals surface area (Å²) in [6.07, 6.45) is -0.356. The van der Waals surface area contributed by atoms with Crippen LogP contribution < -0.4 is 15.0 Å². The van der Waals surface area contributed by atoms with E-state index >= 15 is 0 Å². The van der Waals surface area contributed by atoms with Gasteiger partial charge in [0, 0.05) is 21.0 Å². The highest BCUT2D eigenvalue weighted by Gasteiger charge is 2.37. The number of methoxy groups -OCH3 is 1. The molecular weight excluding hydrogens is 558 g/mol. The Hall–Kier alpha value is -5.21. The zero-order valence-corrected chi connectivity index (χ0v) is 24.0. The molecule has 7 nitrogen and oxygen atoms in total. The smallest absolute Gasteiger partial charge is 0.261 e. The Balaban J connectivity index is 1.35. The van der Waals surface area contributed by atoms with Gasteiger partial charge >= 0.3 is 0 Å². The van der Waals surface area contributed by atoms with Gasteiger partial charge in [0.05, 0.1) is 36.2 Å². The first-order valence-electron chi connectivity index (χ1n) is 13.8. The molecule has 0 bridgehead atoms. The molecule has 5 aromatic carbocycles. The number of aromatic hydroxyl groups is 1. The Kier molecular flexibility index (Phi) is 6.75. The molecule has 0 radical (unpaired) electrons. The van der Waals surface area contributed by atoms with Gasteiger partial charge in [0.25, 0.3) is 11.8 Å². The Morgan fingerprint density at radius 3 is 2.12 bits per heavy atom. The number of para-hydroxylation sites is 2. The average Bonchev–Trinajstić information content (AvgIpc) is 3.28. The SMILES string of the molecule is COc1ccc(C(Nc2ccccc2)N2c3ccccc3Sc3cc(O)c(CN4C(=O)c5ccccc5C4=O)cc32)cc1. The fraction of sp³-hybridized carbons (Fsp3) is 0.0857. The number of hydrogen-bond donors (Lipinski definition) is 2. The Morgan fingerprint density at radius 2 is 1.42 bits per heavy atom. The molecule has 0 saturated carbocycles. The number of phenols is 1. The molecule has 212 valence electrons. The normalized spacial score (nSPS) is 14.2. The summed E-state index contributed by atoms with van der Waals surface area (Å²) in [5, 5.41) is 14.9. The lowest BCUT2D eigenvalue weighted by atomic mass is 10.1. The molecule has 2 aliphatic rings. The van der Waals surface area contributed by atoms with Crippen LogP contribution in [0, 0.1) is 0 Å². The van der Waals surface area contributed by atoms with Crippen LogP contribution in [0.4, 0.5) is 17.1 Å². The summed E-state index contributed by atoms with van der Waals surface area (Å²) < 4.78 is 5.43. The molecule has 1 atom stereocenters. The molecule has 0 aliphatic carbocycles. The second kappa shape index (κ2) is 10.9. The van der Waals surface area contributed by atoms with E-state index in [2.05, 4.69) is 22.3 Å². The van der Waals surface area contributed by atoms with E-state index in [9.17, 15) is 14.7 Å². The summed E-state index contributed by atoms with van der Waals surface area (Å²) in [5.41, 5.74) is 4.99. The monoisotopic (exact) mass is 585 g/mol. The number of phenolic OH excluding ortho intramolecular Hbond substituents is 1. The van der Waals surface area contributed by atoms with Crippen LogP contribution in [-0.2, 0) is 6.54 Å². The lowest BCUT2D eigenvalue weighted by molar-refractivity contribution is 0.0641. The maximum Gasteiger partial charge on any atom is 0.261 e. The van der Waals surface area contributed by atoms with Crippen LogP contribution in [0.15, 0.2) is 125 Å². The van der Waals surface area contributed by atoms with Gasteiger partial charge in [0.15, 0.2) is 0 Å². The van der Waals surface area contributed by atoms with Crippen LogP contribution in [0.5, 0.6) is 11.5 Å². The Morgan fingerprint density at radius 1 is 0.767 bits per heavy atom. The lowest BCUT2D eigenvalue weighted by Crippen LogP contribution is -2.32. The number of hydrogen-bond acceptors (Lipinski definition) is 7. The maximum atomic E-state index is 13.2. The second-order valence-corrected chi connectivity index (χ2v) is 11.4. The zero-order chi connectivity index (χ0) is 29.5. The quantitative estimate of drug-likeness (QED) is 0.190. The van der Waals surface area contributed by atoms with Crippen molar-refractivity contribution in [3.63, 3.8) is 0 Å². The van der Waals surface area contributed by atoms with Crippen molar-refractivity contribution in [2.75, 3.05) is 17.3 Å². The maximum absolute atomic E-state index is 13.2. The van der Waals surface area contributed by atoms with Crippen LogP contribution in [0.3, 0.4) is 0 Å². The van der Waals surface area contributed by atoms with E-state index in [-0.39, 0.29) is 30.3 Å². The van der Waals surface area contributed by atoms with Crippen LogP contribution >= 0.6 is 11.8 Å². The van der Waals surface area contributed by atoms with Gasteiger partial charge in [-0.1, -0.05) is 66.4 Å². The van der Waals surface area contributed by atoms with Gasteiger partial charge in [-0.05, 0) is 66.2 Å². The topological polar surface area (TPSA) is 82.1 Å². The summed E-state index contributed by atoms with van der Waals surface area (Å²) in [5.74, 6) is 0.0526. The number of carbonyl (C=O) groups is 2. The van der Waals surface area contributed by atoms with E-state index in [0.717, 1.165) is 38.2 Å². The van der Waals surface area contributed by atoms with Crippen molar-refractivity contribution in [1.82, 2.24) is 4.90 Å². The predicted molar refractivity (Wildman–Crippen MR) is 167 cm³/mol. The first-order valence-corrected chi connectivity index (χ1v) is 14.7. The number of nitrogens with one attached hydrogen (secondary N) is 1. The fourth-order valence-electron chi connectivity index (χ4n) is 5.59.